The van der Waals surface area contributed by atoms with E-state index >= 15 is 0 Å². The lowest BCUT2D eigenvalue weighted by molar-refractivity contribution is 0.477. The molecule has 0 aliphatic rings. The van der Waals surface area contributed by atoms with Gasteiger partial charge in [0.05, 0.1) is 0 Å². The molecule has 0 heterocycles. The highest BCUT2D eigenvalue weighted by Gasteiger charge is 2.10. The van der Waals surface area contributed by atoms with E-state index in [9.17, 15) is 0 Å². The Labute approximate surface area is 130 Å². The summed E-state index contributed by atoms with van der Waals surface area (Å²) in [5.74, 6) is 0. The average Bonchev–Trinajstić information content (AvgIpc) is 2.41. The molecular weight excluding hydrogens is 289 g/mol. The molecule has 2 atom stereocenters. The van der Waals surface area contributed by atoms with Crippen molar-refractivity contribution in [3.05, 3.63) is 69.7 Å². The van der Waals surface area contributed by atoms with Gasteiger partial charge in [-0.05, 0) is 55.7 Å². The number of hydrogen-bond acceptors (Lipinski definition) is 1. The van der Waals surface area contributed by atoms with E-state index in [0.717, 1.165) is 16.5 Å². The molecule has 2 aromatic rings. The Morgan fingerprint density at radius 3 is 2.30 bits per heavy atom. The average molecular weight is 308 g/mol. The summed E-state index contributed by atoms with van der Waals surface area (Å²) in [4.78, 5) is 0. The van der Waals surface area contributed by atoms with Crippen molar-refractivity contribution < 1.29 is 0 Å². The fourth-order valence-corrected chi connectivity index (χ4v) is 2.66. The highest BCUT2D eigenvalue weighted by molar-refractivity contribution is 6.30. The summed E-state index contributed by atoms with van der Waals surface area (Å²) in [6.45, 7) is 4.35. The highest BCUT2D eigenvalue weighted by Crippen LogP contribution is 2.18. The van der Waals surface area contributed by atoms with E-state index in [2.05, 4.69) is 37.4 Å². The second-order valence-corrected chi connectivity index (χ2v) is 6.05. The summed E-state index contributed by atoms with van der Waals surface area (Å²) >= 11 is 11.9. The summed E-state index contributed by atoms with van der Waals surface area (Å²) in [6, 6.07) is 16.7. The predicted molar refractivity (Wildman–Crippen MR) is 87.6 cm³/mol. The SMILES string of the molecule is CC(Cc1ccc(Cl)cc1)N[C@@H](C)c1cccc(Cl)c1. The molecule has 0 saturated carbocycles. The molecule has 0 radical (unpaired) electrons. The van der Waals surface area contributed by atoms with Gasteiger partial charge in [-0.3, -0.25) is 0 Å². The molecule has 0 amide bonds. The Kier molecular flexibility index (Phi) is 5.47. The molecule has 1 nitrogen and oxygen atoms in total. The molecule has 20 heavy (non-hydrogen) atoms. The normalized spacial score (nSPS) is 14.0. The quantitative estimate of drug-likeness (QED) is 0.793. The van der Waals surface area contributed by atoms with Gasteiger partial charge in [0.2, 0.25) is 0 Å². The third-order valence-corrected chi connectivity index (χ3v) is 3.83. The number of benzene rings is 2. The van der Waals surface area contributed by atoms with Crippen molar-refractivity contribution in [2.75, 3.05) is 0 Å². The van der Waals surface area contributed by atoms with Crippen molar-refractivity contribution in [1.29, 1.82) is 0 Å². The second kappa shape index (κ2) is 7.12. The second-order valence-electron chi connectivity index (χ2n) is 5.17. The van der Waals surface area contributed by atoms with Crippen LogP contribution in [0.5, 0.6) is 0 Å². The molecule has 2 aromatic carbocycles. The molecule has 0 aliphatic carbocycles. The molecule has 0 saturated heterocycles. The van der Waals surface area contributed by atoms with Crippen LogP contribution in [0, 0.1) is 0 Å². The number of hydrogen-bond donors (Lipinski definition) is 1. The highest BCUT2D eigenvalue weighted by atomic mass is 35.5. The lowest BCUT2D eigenvalue weighted by atomic mass is 10.0. The smallest absolute Gasteiger partial charge is 0.0409 e. The largest absolute Gasteiger partial charge is 0.307 e. The minimum atomic E-state index is 0.274. The zero-order chi connectivity index (χ0) is 14.5. The Balaban J connectivity index is 1.93. The van der Waals surface area contributed by atoms with Gasteiger partial charge in [-0.2, -0.15) is 0 Å². The van der Waals surface area contributed by atoms with Crippen LogP contribution in [0.4, 0.5) is 0 Å². The molecule has 0 fully saturated rings. The summed E-state index contributed by atoms with van der Waals surface area (Å²) in [5, 5.41) is 5.15. The van der Waals surface area contributed by atoms with Gasteiger partial charge in [0.25, 0.3) is 0 Å². The van der Waals surface area contributed by atoms with Gasteiger partial charge in [0.1, 0.15) is 0 Å². The maximum atomic E-state index is 6.03. The molecule has 0 bridgehead atoms. The first kappa shape index (κ1) is 15.4. The van der Waals surface area contributed by atoms with Crippen LogP contribution in [0.1, 0.15) is 31.0 Å². The van der Waals surface area contributed by atoms with E-state index in [1.54, 1.807) is 0 Å². The predicted octanol–water partition coefficient (Wildman–Crippen LogP) is 5.28. The molecule has 0 spiro atoms. The van der Waals surface area contributed by atoms with Crippen molar-refractivity contribution in [3.63, 3.8) is 0 Å². The van der Waals surface area contributed by atoms with Crippen molar-refractivity contribution in [2.24, 2.45) is 0 Å². The van der Waals surface area contributed by atoms with Crippen molar-refractivity contribution in [2.45, 2.75) is 32.4 Å². The molecular formula is C17H19Cl2N. The van der Waals surface area contributed by atoms with Crippen molar-refractivity contribution in [1.82, 2.24) is 5.32 Å². The van der Waals surface area contributed by atoms with Crippen LogP contribution in [0.15, 0.2) is 48.5 Å². The first-order valence-electron chi connectivity index (χ1n) is 6.80. The topological polar surface area (TPSA) is 12.0 Å². The maximum Gasteiger partial charge on any atom is 0.0409 e. The van der Waals surface area contributed by atoms with Crippen molar-refractivity contribution in [3.8, 4) is 0 Å². The fourth-order valence-electron chi connectivity index (χ4n) is 2.33. The summed E-state index contributed by atoms with van der Waals surface area (Å²) < 4.78 is 0. The Hall–Kier alpha value is -1.02. The van der Waals surface area contributed by atoms with Crippen molar-refractivity contribution >= 4 is 23.2 Å². The third kappa shape index (κ3) is 4.52. The molecule has 1 N–H and O–H groups in total. The number of rotatable bonds is 5. The minimum absolute atomic E-state index is 0.274. The molecule has 0 aliphatic heterocycles. The van der Waals surface area contributed by atoms with Crippen LogP contribution in [0.25, 0.3) is 0 Å². The monoisotopic (exact) mass is 307 g/mol. The fraction of sp³-hybridized carbons (Fsp3) is 0.294. The van der Waals surface area contributed by atoms with E-state index in [1.807, 2.05) is 30.3 Å². The van der Waals surface area contributed by atoms with Gasteiger partial charge >= 0.3 is 0 Å². The van der Waals surface area contributed by atoms with Gasteiger partial charge in [-0.1, -0.05) is 47.5 Å². The molecule has 0 aromatic heterocycles. The Morgan fingerprint density at radius 2 is 1.65 bits per heavy atom. The summed E-state index contributed by atoms with van der Waals surface area (Å²) in [7, 11) is 0. The number of halogens is 2. The van der Waals surface area contributed by atoms with Gasteiger partial charge in [-0.15, -0.1) is 0 Å². The first-order chi connectivity index (χ1) is 9.54. The molecule has 3 heteroatoms. The zero-order valence-electron chi connectivity index (χ0n) is 11.7. The van der Waals surface area contributed by atoms with E-state index in [-0.39, 0.29) is 6.04 Å². The van der Waals surface area contributed by atoms with Crippen LogP contribution >= 0.6 is 23.2 Å². The standard InChI is InChI=1S/C17H19Cl2N/c1-12(10-14-6-8-16(18)9-7-14)20-13(2)15-4-3-5-17(19)11-15/h3-9,11-13,20H,10H2,1-2H3/t12?,13-/m0/s1. The van der Waals surface area contributed by atoms with E-state index in [4.69, 9.17) is 23.2 Å². The van der Waals surface area contributed by atoms with E-state index in [1.165, 1.54) is 11.1 Å². The zero-order valence-corrected chi connectivity index (χ0v) is 13.2. The van der Waals surface area contributed by atoms with Crippen LogP contribution in [-0.2, 0) is 6.42 Å². The summed E-state index contributed by atoms with van der Waals surface area (Å²) in [6.07, 6.45) is 0.974. The summed E-state index contributed by atoms with van der Waals surface area (Å²) in [5.41, 5.74) is 2.49. The van der Waals surface area contributed by atoms with Gasteiger partial charge in [0.15, 0.2) is 0 Å². The van der Waals surface area contributed by atoms with Crippen LogP contribution < -0.4 is 5.32 Å². The van der Waals surface area contributed by atoms with E-state index < -0.39 is 0 Å². The van der Waals surface area contributed by atoms with Crippen LogP contribution in [-0.4, -0.2) is 6.04 Å². The number of nitrogens with one attached hydrogen (secondary N) is 1. The van der Waals surface area contributed by atoms with Gasteiger partial charge < -0.3 is 5.32 Å². The molecule has 106 valence electrons. The third-order valence-electron chi connectivity index (χ3n) is 3.34. The molecule has 2 rings (SSSR count). The Bertz CT molecular complexity index is 551. The first-order valence-corrected chi connectivity index (χ1v) is 7.56. The van der Waals surface area contributed by atoms with E-state index in [0.29, 0.717) is 6.04 Å². The Morgan fingerprint density at radius 1 is 0.950 bits per heavy atom. The minimum Gasteiger partial charge on any atom is -0.307 e. The lowest BCUT2D eigenvalue weighted by Crippen LogP contribution is -2.30. The lowest BCUT2D eigenvalue weighted by Gasteiger charge is -2.20. The van der Waals surface area contributed by atoms with Crippen LogP contribution in [0.2, 0.25) is 10.0 Å². The maximum absolute atomic E-state index is 6.03. The van der Waals surface area contributed by atoms with Gasteiger partial charge in [0, 0.05) is 22.1 Å². The van der Waals surface area contributed by atoms with Crippen LogP contribution in [0.3, 0.4) is 0 Å². The van der Waals surface area contributed by atoms with Gasteiger partial charge in [-0.25, -0.2) is 0 Å². The molecule has 1 unspecified atom stereocenters.